The van der Waals surface area contributed by atoms with E-state index in [0.29, 0.717) is 17.7 Å². The van der Waals surface area contributed by atoms with Crippen LogP contribution in [0.25, 0.3) is 11.2 Å². The first-order chi connectivity index (χ1) is 14.6. The lowest BCUT2D eigenvalue weighted by molar-refractivity contribution is 0.282. The van der Waals surface area contributed by atoms with Crippen LogP contribution in [0.3, 0.4) is 0 Å². The van der Waals surface area contributed by atoms with Crippen LogP contribution in [0.15, 0.2) is 52.6 Å². The molecule has 1 saturated heterocycles. The summed E-state index contributed by atoms with van der Waals surface area (Å²) in [6.45, 7) is 8.82. The number of H-pyrrole nitrogens is 1. The van der Waals surface area contributed by atoms with E-state index in [1.807, 2.05) is 28.8 Å². The summed E-state index contributed by atoms with van der Waals surface area (Å²) < 4.78 is 3.40. The largest absolute Gasteiger partial charge is 0.340 e. The minimum absolute atomic E-state index is 0.378. The zero-order chi connectivity index (χ0) is 21.1. The maximum atomic E-state index is 12.7. The molecule has 8 nitrogen and oxygen atoms in total. The van der Waals surface area contributed by atoms with Gasteiger partial charge in [-0.3, -0.25) is 19.2 Å². The molecule has 0 saturated carbocycles. The number of nitrogens with one attached hydrogen (secondary N) is 1. The van der Waals surface area contributed by atoms with Crippen molar-refractivity contribution in [2.45, 2.75) is 19.4 Å². The van der Waals surface area contributed by atoms with E-state index >= 15 is 0 Å². The molecular formula is C22H28N6O2. The first-order valence-electron chi connectivity index (χ1n) is 10.4. The highest BCUT2D eigenvalue weighted by atomic mass is 16.2. The predicted octanol–water partition coefficient (Wildman–Crippen LogP) is 1.36. The van der Waals surface area contributed by atoms with Crippen LogP contribution in [0.2, 0.25) is 0 Å². The van der Waals surface area contributed by atoms with Crippen molar-refractivity contribution in [3.63, 3.8) is 0 Å². The molecule has 0 radical (unpaired) electrons. The molecular weight excluding hydrogens is 380 g/mol. The van der Waals surface area contributed by atoms with Crippen LogP contribution in [-0.4, -0.2) is 56.7 Å². The molecule has 1 aliphatic heterocycles. The first-order valence-corrected chi connectivity index (χ1v) is 10.4. The van der Waals surface area contributed by atoms with Gasteiger partial charge in [-0.1, -0.05) is 36.4 Å². The number of piperazine rings is 1. The van der Waals surface area contributed by atoms with Gasteiger partial charge in [0.05, 0.1) is 0 Å². The Bertz CT molecular complexity index is 1140. The fourth-order valence-electron chi connectivity index (χ4n) is 4.08. The number of aromatic amines is 1. The number of fused-ring (bicyclic) bond motifs is 1. The minimum Gasteiger partial charge on any atom is -0.340 e. The third kappa shape index (κ3) is 3.95. The highest BCUT2D eigenvalue weighted by Gasteiger charge is 2.24. The van der Waals surface area contributed by atoms with Crippen LogP contribution in [0, 0.1) is 0 Å². The summed E-state index contributed by atoms with van der Waals surface area (Å²) in [7, 11) is 1.65. The molecule has 3 heterocycles. The Kier molecular flexibility index (Phi) is 5.85. The third-order valence-corrected chi connectivity index (χ3v) is 5.72. The van der Waals surface area contributed by atoms with Crippen molar-refractivity contribution < 1.29 is 0 Å². The second kappa shape index (κ2) is 8.71. The van der Waals surface area contributed by atoms with E-state index < -0.39 is 5.69 Å². The second-order valence-electron chi connectivity index (χ2n) is 7.72. The third-order valence-electron chi connectivity index (χ3n) is 5.72. The van der Waals surface area contributed by atoms with Crippen molar-refractivity contribution in [2.75, 3.05) is 37.6 Å². The fraction of sp³-hybridized carbons (Fsp3) is 0.409. The summed E-state index contributed by atoms with van der Waals surface area (Å²) in [5, 5.41) is 0. The Labute approximate surface area is 175 Å². The van der Waals surface area contributed by atoms with Crippen LogP contribution in [0.5, 0.6) is 0 Å². The molecule has 8 heteroatoms. The minimum atomic E-state index is -0.441. The van der Waals surface area contributed by atoms with Crippen molar-refractivity contribution in [3.8, 4) is 0 Å². The monoisotopic (exact) mass is 408 g/mol. The molecule has 2 aromatic heterocycles. The molecule has 30 heavy (non-hydrogen) atoms. The van der Waals surface area contributed by atoms with Gasteiger partial charge in [-0.15, -0.1) is 6.58 Å². The van der Waals surface area contributed by atoms with Gasteiger partial charge in [0.1, 0.15) is 0 Å². The molecule has 1 fully saturated rings. The Morgan fingerprint density at radius 3 is 2.57 bits per heavy atom. The lowest BCUT2D eigenvalue weighted by Gasteiger charge is -2.34. The maximum absolute atomic E-state index is 12.7. The van der Waals surface area contributed by atoms with Gasteiger partial charge < -0.3 is 9.47 Å². The van der Waals surface area contributed by atoms with Gasteiger partial charge in [-0.2, -0.15) is 4.98 Å². The standard InChI is InChI=1S/C22H28N6O2/c1-3-11-26-13-15-27(16-14-26)21-23-19-18(20(29)24-22(30)25(19)2)28(21)12-7-10-17-8-5-4-6-9-17/h3-6,8-9H,1,7,10-16H2,2H3,(H,24,29,30). The molecule has 1 aromatic carbocycles. The van der Waals surface area contributed by atoms with Gasteiger partial charge in [0.25, 0.3) is 5.56 Å². The number of hydrogen-bond donors (Lipinski definition) is 1. The summed E-state index contributed by atoms with van der Waals surface area (Å²) in [6, 6.07) is 10.3. The van der Waals surface area contributed by atoms with E-state index in [9.17, 15) is 9.59 Å². The predicted molar refractivity (Wildman–Crippen MR) is 119 cm³/mol. The zero-order valence-corrected chi connectivity index (χ0v) is 17.4. The average Bonchev–Trinajstić information content (AvgIpc) is 3.14. The Hall–Kier alpha value is -3.13. The van der Waals surface area contributed by atoms with Crippen LogP contribution < -0.4 is 16.1 Å². The molecule has 1 N–H and O–H groups in total. The van der Waals surface area contributed by atoms with Gasteiger partial charge in [0.2, 0.25) is 5.95 Å². The maximum Gasteiger partial charge on any atom is 0.329 e. The number of rotatable bonds is 7. The van der Waals surface area contributed by atoms with E-state index in [4.69, 9.17) is 4.98 Å². The molecule has 1 aliphatic rings. The molecule has 0 atom stereocenters. The summed E-state index contributed by atoms with van der Waals surface area (Å²) >= 11 is 0. The van der Waals surface area contributed by atoms with E-state index in [0.717, 1.165) is 51.5 Å². The molecule has 0 spiro atoms. The Balaban J connectivity index is 1.66. The quantitative estimate of drug-likeness (QED) is 0.598. The smallest absolute Gasteiger partial charge is 0.329 e. The lowest BCUT2D eigenvalue weighted by Crippen LogP contribution is -2.47. The number of anilines is 1. The van der Waals surface area contributed by atoms with Crippen molar-refractivity contribution in [3.05, 3.63) is 69.4 Å². The number of hydrogen-bond acceptors (Lipinski definition) is 5. The summed E-state index contributed by atoms with van der Waals surface area (Å²) in [5.74, 6) is 0.767. The van der Waals surface area contributed by atoms with Crippen LogP contribution in [-0.2, 0) is 20.0 Å². The van der Waals surface area contributed by atoms with E-state index in [1.165, 1.54) is 10.1 Å². The second-order valence-corrected chi connectivity index (χ2v) is 7.72. The van der Waals surface area contributed by atoms with Crippen LogP contribution >= 0.6 is 0 Å². The molecule has 0 amide bonds. The van der Waals surface area contributed by atoms with Gasteiger partial charge in [0, 0.05) is 46.3 Å². The lowest BCUT2D eigenvalue weighted by atomic mass is 10.1. The normalized spacial score (nSPS) is 15.0. The van der Waals surface area contributed by atoms with E-state index in [2.05, 4.69) is 33.5 Å². The number of aromatic nitrogens is 4. The van der Waals surface area contributed by atoms with Gasteiger partial charge in [-0.25, -0.2) is 4.79 Å². The molecule has 0 aliphatic carbocycles. The van der Waals surface area contributed by atoms with Gasteiger partial charge >= 0.3 is 5.69 Å². The number of nitrogens with zero attached hydrogens (tertiary/aromatic N) is 5. The fourth-order valence-corrected chi connectivity index (χ4v) is 4.08. The van der Waals surface area contributed by atoms with E-state index in [1.54, 1.807) is 7.05 Å². The van der Waals surface area contributed by atoms with Gasteiger partial charge in [-0.05, 0) is 18.4 Å². The number of aryl methyl sites for hydroxylation is 3. The zero-order valence-electron chi connectivity index (χ0n) is 17.4. The average molecular weight is 409 g/mol. The highest BCUT2D eigenvalue weighted by molar-refractivity contribution is 5.74. The van der Waals surface area contributed by atoms with Crippen molar-refractivity contribution in [1.29, 1.82) is 0 Å². The molecule has 4 rings (SSSR count). The Morgan fingerprint density at radius 2 is 1.87 bits per heavy atom. The molecule has 0 unspecified atom stereocenters. The van der Waals surface area contributed by atoms with Crippen LogP contribution in [0.4, 0.5) is 5.95 Å². The SMILES string of the molecule is C=CCN1CCN(c2nc3c(c(=O)[nH]c(=O)n3C)n2CCCc2ccccc2)CC1. The van der Waals surface area contributed by atoms with E-state index in [-0.39, 0.29) is 5.56 Å². The van der Waals surface area contributed by atoms with Crippen molar-refractivity contribution >= 4 is 17.1 Å². The topological polar surface area (TPSA) is 79.2 Å². The Morgan fingerprint density at radius 1 is 1.13 bits per heavy atom. The highest BCUT2D eigenvalue weighted by Crippen LogP contribution is 2.22. The van der Waals surface area contributed by atoms with Crippen LogP contribution in [0.1, 0.15) is 12.0 Å². The van der Waals surface area contributed by atoms with Crippen molar-refractivity contribution in [1.82, 2.24) is 24.0 Å². The first kappa shape index (κ1) is 20.2. The van der Waals surface area contributed by atoms with Gasteiger partial charge in [0.15, 0.2) is 11.2 Å². The number of imidazole rings is 1. The molecule has 3 aromatic rings. The molecule has 0 bridgehead atoms. The number of benzene rings is 1. The molecule has 158 valence electrons. The summed E-state index contributed by atoms with van der Waals surface area (Å²) in [5.41, 5.74) is 1.35. The summed E-state index contributed by atoms with van der Waals surface area (Å²) in [4.78, 5) is 36.5. The summed E-state index contributed by atoms with van der Waals surface area (Å²) in [6.07, 6.45) is 3.71. The van der Waals surface area contributed by atoms with Crippen molar-refractivity contribution in [2.24, 2.45) is 7.05 Å².